The second-order valence-electron chi connectivity index (χ2n) is 9.38. The number of nitrogens with one attached hydrogen (secondary N) is 1. The summed E-state index contributed by atoms with van der Waals surface area (Å²) in [6, 6.07) is 16.1. The van der Waals surface area contributed by atoms with E-state index in [-0.39, 0.29) is 23.8 Å². The normalized spacial score (nSPS) is 11.3. The van der Waals surface area contributed by atoms with Gasteiger partial charge in [0.05, 0.1) is 23.5 Å². The molecule has 0 aliphatic heterocycles. The van der Waals surface area contributed by atoms with Crippen LogP contribution in [0.4, 0.5) is 5.82 Å². The zero-order valence-corrected chi connectivity index (χ0v) is 21.7. The molecule has 0 fully saturated rings. The van der Waals surface area contributed by atoms with Gasteiger partial charge < -0.3 is 15.0 Å². The third-order valence-corrected chi connectivity index (χ3v) is 5.89. The molecule has 2 aromatic carbocycles. The lowest BCUT2D eigenvalue weighted by Crippen LogP contribution is -2.39. The molecule has 35 heavy (non-hydrogen) atoms. The van der Waals surface area contributed by atoms with Crippen molar-refractivity contribution in [3.63, 3.8) is 0 Å². The Labute approximate surface area is 212 Å². The monoisotopic (exact) mass is 496 g/mol. The number of anilines is 1. The summed E-state index contributed by atoms with van der Waals surface area (Å²) < 4.78 is 6.82. The van der Waals surface area contributed by atoms with Gasteiger partial charge in [-0.3, -0.25) is 9.59 Å². The van der Waals surface area contributed by atoms with Crippen LogP contribution in [-0.4, -0.2) is 46.7 Å². The van der Waals surface area contributed by atoms with E-state index >= 15 is 0 Å². The number of carbonyl (C=O) groups is 2. The minimum absolute atomic E-state index is 0.0799. The zero-order valence-electron chi connectivity index (χ0n) is 21.0. The average molecular weight is 497 g/mol. The van der Waals surface area contributed by atoms with Crippen molar-refractivity contribution in [2.75, 3.05) is 25.5 Å². The third-order valence-electron chi connectivity index (χ3n) is 5.57. The van der Waals surface area contributed by atoms with Crippen molar-refractivity contribution < 1.29 is 14.3 Å². The lowest BCUT2D eigenvalue weighted by molar-refractivity contribution is -0.117. The number of hydrogen-bond acceptors (Lipinski definition) is 4. The molecule has 8 heteroatoms. The number of aromatic nitrogens is 2. The van der Waals surface area contributed by atoms with Crippen molar-refractivity contribution in [1.29, 1.82) is 0 Å². The average Bonchev–Trinajstić information content (AvgIpc) is 3.25. The Balaban J connectivity index is 1.85. The molecule has 0 aliphatic rings. The Hall–Kier alpha value is -3.32. The van der Waals surface area contributed by atoms with Crippen LogP contribution >= 0.6 is 11.6 Å². The van der Waals surface area contributed by atoms with Crippen molar-refractivity contribution in [2.24, 2.45) is 0 Å². The number of methoxy groups -OCH3 is 1. The maximum Gasteiger partial charge on any atom is 0.254 e. The molecule has 1 heterocycles. The summed E-state index contributed by atoms with van der Waals surface area (Å²) in [6.45, 7) is 8.61. The zero-order chi connectivity index (χ0) is 25.6. The number of rotatable bonds is 9. The number of ether oxygens (including phenoxy) is 1. The Morgan fingerprint density at radius 1 is 1.11 bits per heavy atom. The lowest BCUT2D eigenvalue weighted by atomic mass is 9.92. The first-order chi connectivity index (χ1) is 16.6. The van der Waals surface area contributed by atoms with Crippen molar-refractivity contribution in [1.82, 2.24) is 14.7 Å². The molecular formula is C27H33ClN4O3. The van der Waals surface area contributed by atoms with E-state index in [9.17, 15) is 9.59 Å². The highest BCUT2D eigenvalue weighted by Crippen LogP contribution is 2.29. The molecule has 1 aromatic heterocycles. The van der Waals surface area contributed by atoms with Gasteiger partial charge in [0, 0.05) is 23.6 Å². The molecule has 7 nitrogen and oxygen atoms in total. The van der Waals surface area contributed by atoms with Crippen molar-refractivity contribution >= 4 is 29.2 Å². The second kappa shape index (κ2) is 11.4. The summed E-state index contributed by atoms with van der Waals surface area (Å²) in [5.41, 5.74) is 1.75. The molecule has 0 spiro atoms. The van der Waals surface area contributed by atoms with Gasteiger partial charge in [0.15, 0.2) is 0 Å². The summed E-state index contributed by atoms with van der Waals surface area (Å²) >= 11 is 6.43. The molecule has 0 bridgehead atoms. The first kappa shape index (κ1) is 26.3. The van der Waals surface area contributed by atoms with Crippen LogP contribution in [0.25, 0.3) is 5.69 Å². The van der Waals surface area contributed by atoms with Crippen LogP contribution < -0.4 is 10.1 Å². The van der Waals surface area contributed by atoms with Crippen molar-refractivity contribution in [3.05, 3.63) is 70.9 Å². The van der Waals surface area contributed by atoms with E-state index in [1.165, 1.54) is 0 Å². The predicted octanol–water partition coefficient (Wildman–Crippen LogP) is 5.71. The maximum absolute atomic E-state index is 13.2. The van der Waals surface area contributed by atoms with Gasteiger partial charge in [-0.15, -0.1) is 0 Å². The number of benzene rings is 2. The highest BCUT2D eigenvalue weighted by atomic mass is 35.5. The topological polar surface area (TPSA) is 76.5 Å². The predicted molar refractivity (Wildman–Crippen MR) is 140 cm³/mol. The van der Waals surface area contributed by atoms with Gasteiger partial charge >= 0.3 is 0 Å². The highest BCUT2D eigenvalue weighted by molar-refractivity contribution is 6.32. The van der Waals surface area contributed by atoms with Crippen molar-refractivity contribution in [2.45, 2.75) is 46.0 Å². The Kier molecular flexibility index (Phi) is 8.57. The summed E-state index contributed by atoms with van der Waals surface area (Å²) in [7, 11) is 1.58. The summed E-state index contributed by atoms with van der Waals surface area (Å²) in [4.78, 5) is 27.9. The van der Waals surface area contributed by atoms with Crippen LogP contribution in [-0.2, 0) is 10.2 Å². The summed E-state index contributed by atoms with van der Waals surface area (Å²) in [5, 5.41) is 8.19. The number of amides is 2. The van der Waals surface area contributed by atoms with Gasteiger partial charge in [0.25, 0.3) is 5.91 Å². The molecular weight excluding hydrogens is 464 g/mol. The van der Waals surface area contributed by atoms with E-state index in [1.807, 2.05) is 31.2 Å². The van der Waals surface area contributed by atoms with E-state index in [0.717, 1.165) is 18.5 Å². The molecule has 2 amide bonds. The van der Waals surface area contributed by atoms with Gasteiger partial charge in [0.2, 0.25) is 5.91 Å². The number of unbranched alkanes of at least 4 members (excludes halogenated alkanes) is 1. The van der Waals surface area contributed by atoms with Crippen molar-refractivity contribution in [3.8, 4) is 11.4 Å². The smallest absolute Gasteiger partial charge is 0.254 e. The number of para-hydroxylation sites is 1. The van der Waals surface area contributed by atoms with E-state index in [0.29, 0.717) is 34.4 Å². The molecule has 3 aromatic rings. The lowest BCUT2D eigenvalue weighted by Gasteiger charge is -2.22. The van der Waals surface area contributed by atoms with Crippen LogP contribution in [0.15, 0.2) is 54.6 Å². The third kappa shape index (κ3) is 6.63. The quantitative estimate of drug-likeness (QED) is 0.411. The molecule has 0 radical (unpaired) electrons. The van der Waals surface area contributed by atoms with Gasteiger partial charge in [-0.25, -0.2) is 4.68 Å². The van der Waals surface area contributed by atoms with Crippen LogP contribution in [0.3, 0.4) is 0 Å². The summed E-state index contributed by atoms with van der Waals surface area (Å²) in [6.07, 6.45) is 1.70. The van der Waals surface area contributed by atoms with E-state index in [4.69, 9.17) is 21.4 Å². The van der Waals surface area contributed by atoms with Crippen LogP contribution in [0, 0.1) is 0 Å². The first-order valence-corrected chi connectivity index (χ1v) is 12.1. The van der Waals surface area contributed by atoms with Crippen LogP contribution in [0.5, 0.6) is 5.75 Å². The minimum atomic E-state index is -0.309. The molecule has 186 valence electrons. The van der Waals surface area contributed by atoms with Gasteiger partial charge in [-0.1, -0.05) is 57.8 Å². The number of halogens is 1. The molecule has 0 unspecified atom stereocenters. The van der Waals surface area contributed by atoms with Crippen LogP contribution in [0.2, 0.25) is 5.02 Å². The first-order valence-electron chi connectivity index (χ1n) is 11.7. The number of nitrogens with zero attached hydrogens (tertiary/aromatic N) is 3. The fraction of sp³-hybridized carbons (Fsp3) is 0.370. The Bertz CT molecular complexity index is 1170. The van der Waals surface area contributed by atoms with E-state index < -0.39 is 0 Å². The molecule has 0 saturated heterocycles. The van der Waals surface area contributed by atoms with Gasteiger partial charge in [0.1, 0.15) is 18.1 Å². The van der Waals surface area contributed by atoms with Gasteiger partial charge in [-0.05, 0) is 42.8 Å². The largest absolute Gasteiger partial charge is 0.497 e. The molecule has 3 rings (SSSR count). The van der Waals surface area contributed by atoms with E-state index in [1.54, 1.807) is 47.0 Å². The van der Waals surface area contributed by atoms with E-state index in [2.05, 4.69) is 26.1 Å². The fourth-order valence-corrected chi connectivity index (χ4v) is 3.73. The molecule has 1 N–H and O–H groups in total. The summed E-state index contributed by atoms with van der Waals surface area (Å²) in [5.74, 6) is 0.658. The number of carbonyl (C=O) groups excluding carboxylic acids is 2. The molecule has 0 aliphatic carbocycles. The highest BCUT2D eigenvalue weighted by Gasteiger charge is 2.24. The maximum atomic E-state index is 13.2. The van der Waals surface area contributed by atoms with Crippen LogP contribution in [0.1, 0.15) is 56.6 Å². The SMILES string of the molecule is CCCCN(CC(=O)Nc1cc(C(C)(C)C)nn1-c1ccccc1Cl)C(=O)c1ccc(OC)cc1. The van der Waals surface area contributed by atoms with Gasteiger partial charge in [-0.2, -0.15) is 5.10 Å². The standard InChI is InChI=1S/C27H33ClN4O3/c1-6-7-16-31(26(34)19-12-14-20(35-5)15-13-19)18-25(33)29-24-17-23(27(2,3)4)30-32(24)22-11-9-8-10-21(22)28/h8-15,17H,6-7,16,18H2,1-5H3,(H,29,33). The molecule has 0 atom stereocenters. The second-order valence-corrected chi connectivity index (χ2v) is 9.79. The number of hydrogen-bond donors (Lipinski definition) is 1. The Morgan fingerprint density at radius 3 is 2.40 bits per heavy atom. The fourth-order valence-electron chi connectivity index (χ4n) is 3.52. The minimum Gasteiger partial charge on any atom is -0.497 e. The molecule has 0 saturated carbocycles. The Morgan fingerprint density at radius 2 is 1.80 bits per heavy atom.